The maximum Gasteiger partial charge on any atom is 0.329 e. The van der Waals surface area contributed by atoms with Crippen LogP contribution in [0.4, 0.5) is 0 Å². The van der Waals surface area contributed by atoms with Crippen LogP contribution in [0.15, 0.2) is 33.9 Å². The molecule has 100 valence electrons. The fraction of sp³-hybridized carbons (Fsp3) is 0.214. The molecule has 6 heteroatoms. The number of rotatable bonds is 1. The molecule has 0 aliphatic heterocycles. The van der Waals surface area contributed by atoms with Crippen LogP contribution in [-0.4, -0.2) is 19.5 Å². The highest BCUT2D eigenvalue weighted by molar-refractivity contribution is 5.70. The van der Waals surface area contributed by atoms with Gasteiger partial charge in [-0.15, -0.1) is 0 Å². The molecule has 0 saturated heterocycles. The number of imidazole rings is 1. The van der Waals surface area contributed by atoms with E-state index in [1.165, 1.54) is 15.7 Å². The zero-order valence-electron chi connectivity index (χ0n) is 10.8. The lowest BCUT2D eigenvalue weighted by molar-refractivity contribution is 0.670. The molecule has 4 rings (SSSR count). The molecule has 0 amide bonds. The molecular formula is C14H12N4O2. The van der Waals surface area contributed by atoms with Crippen molar-refractivity contribution < 1.29 is 0 Å². The number of aromatic nitrogens is 4. The van der Waals surface area contributed by atoms with Crippen LogP contribution in [0.2, 0.25) is 0 Å². The molecule has 0 saturated carbocycles. The number of hydrogen-bond donors (Lipinski definition) is 2. The summed E-state index contributed by atoms with van der Waals surface area (Å²) in [5.41, 5.74) is 2.42. The quantitative estimate of drug-likeness (QED) is 0.679. The standard InChI is InChI=1S/C14H12N4O2/c1-18-12-10(13(19)17-14(18)20)15-11(16-12)9-6-7-4-2-3-5-8(7)9/h2-5,9H,6H2,1H3,(H,15,16)(H,17,19,20). The number of H-pyrrole nitrogens is 2. The summed E-state index contributed by atoms with van der Waals surface area (Å²) in [6.07, 6.45) is 0.905. The number of aromatic amines is 2. The highest BCUT2D eigenvalue weighted by Gasteiger charge is 2.30. The van der Waals surface area contributed by atoms with E-state index in [2.05, 4.69) is 27.1 Å². The second-order valence-corrected chi connectivity index (χ2v) is 5.09. The first-order chi connectivity index (χ1) is 9.65. The van der Waals surface area contributed by atoms with Crippen molar-refractivity contribution in [3.05, 3.63) is 62.1 Å². The first-order valence-corrected chi connectivity index (χ1v) is 6.42. The normalized spacial score (nSPS) is 16.9. The smallest absolute Gasteiger partial charge is 0.329 e. The molecule has 3 aromatic rings. The highest BCUT2D eigenvalue weighted by atomic mass is 16.2. The van der Waals surface area contributed by atoms with Gasteiger partial charge in [-0.25, -0.2) is 9.78 Å². The van der Waals surface area contributed by atoms with Crippen molar-refractivity contribution in [2.75, 3.05) is 0 Å². The Morgan fingerprint density at radius 3 is 2.85 bits per heavy atom. The van der Waals surface area contributed by atoms with E-state index in [0.29, 0.717) is 11.2 Å². The summed E-state index contributed by atoms with van der Waals surface area (Å²) in [5.74, 6) is 0.915. The summed E-state index contributed by atoms with van der Waals surface area (Å²) < 4.78 is 1.35. The fourth-order valence-electron chi connectivity index (χ4n) is 2.79. The van der Waals surface area contributed by atoms with Crippen LogP contribution >= 0.6 is 0 Å². The summed E-state index contributed by atoms with van der Waals surface area (Å²) >= 11 is 0. The maximum atomic E-state index is 11.8. The summed E-state index contributed by atoms with van der Waals surface area (Å²) in [5, 5.41) is 0. The molecule has 2 aromatic heterocycles. The van der Waals surface area contributed by atoms with Crippen molar-refractivity contribution in [3.8, 4) is 0 Å². The third-order valence-electron chi connectivity index (χ3n) is 3.96. The molecule has 0 radical (unpaired) electrons. The van der Waals surface area contributed by atoms with Crippen molar-refractivity contribution >= 4 is 11.2 Å². The molecule has 1 aliphatic carbocycles. The minimum Gasteiger partial charge on any atom is -0.336 e. The lowest BCUT2D eigenvalue weighted by atomic mass is 9.77. The first-order valence-electron chi connectivity index (χ1n) is 6.42. The third kappa shape index (κ3) is 1.36. The van der Waals surface area contributed by atoms with Gasteiger partial charge in [-0.2, -0.15) is 0 Å². The first kappa shape index (κ1) is 11.2. The van der Waals surface area contributed by atoms with Crippen molar-refractivity contribution in [3.63, 3.8) is 0 Å². The minimum atomic E-state index is -0.449. The number of benzene rings is 1. The van der Waals surface area contributed by atoms with E-state index in [-0.39, 0.29) is 5.92 Å². The van der Waals surface area contributed by atoms with Gasteiger partial charge in [-0.05, 0) is 17.5 Å². The molecule has 2 heterocycles. The van der Waals surface area contributed by atoms with E-state index in [9.17, 15) is 9.59 Å². The van der Waals surface area contributed by atoms with Crippen LogP contribution in [0, 0.1) is 0 Å². The van der Waals surface area contributed by atoms with Crippen LogP contribution in [-0.2, 0) is 13.5 Å². The van der Waals surface area contributed by atoms with Gasteiger partial charge in [0.1, 0.15) is 11.3 Å². The lowest BCUT2D eigenvalue weighted by Gasteiger charge is -2.28. The van der Waals surface area contributed by atoms with Gasteiger partial charge >= 0.3 is 5.69 Å². The second kappa shape index (κ2) is 3.69. The molecule has 1 atom stereocenters. The number of aryl methyl sites for hydroxylation is 1. The van der Waals surface area contributed by atoms with E-state index in [0.717, 1.165) is 12.2 Å². The zero-order chi connectivity index (χ0) is 13.9. The molecule has 2 N–H and O–H groups in total. The zero-order valence-corrected chi connectivity index (χ0v) is 10.8. The van der Waals surface area contributed by atoms with Crippen LogP contribution < -0.4 is 11.2 Å². The lowest BCUT2D eigenvalue weighted by Crippen LogP contribution is -2.28. The fourth-order valence-corrected chi connectivity index (χ4v) is 2.79. The van der Waals surface area contributed by atoms with Gasteiger partial charge in [-0.1, -0.05) is 24.3 Å². The molecule has 0 bridgehead atoms. The predicted octanol–water partition coefficient (Wildman–Crippen LogP) is 0.638. The Balaban J connectivity index is 1.92. The number of fused-ring (bicyclic) bond motifs is 2. The predicted molar refractivity (Wildman–Crippen MR) is 73.9 cm³/mol. The van der Waals surface area contributed by atoms with Crippen molar-refractivity contribution in [2.24, 2.45) is 7.05 Å². The molecule has 1 aliphatic rings. The van der Waals surface area contributed by atoms with Crippen LogP contribution in [0.3, 0.4) is 0 Å². The van der Waals surface area contributed by atoms with E-state index >= 15 is 0 Å². The third-order valence-corrected chi connectivity index (χ3v) is 3.96. The summed E-state index contributed by atoms with van der Waals surface area (Å²) in [4.78, 5) is 33.1. The van der Waals surface area contributed by atoms with Gasteiger partial charge in [0.15, 0.2) is 5.65 Å². The Labute approximate surface area is 113 Å². The van der Waals surface area contributed by atoms with Crippen LogP contribution in [0.1, 0.15) is 22.9 Å². The molecule has 1 unspecified atom stereocenters. The van der Waals surface area contributed by atoms with Gasteiger partial charge in [-0.3, -0.25) is 14.3 Å². The molecule has 6 nitrogen and oxygen atoms in total. The van der Waals surface area contributed by atoms with Gasteiger partial charge in [0, 0.05) is 13.0 Å². The van der Waals surface area contributed by atoms with E-state index in [4.69, 9.17) is 0 Å². The van der Waals surface area contributed by atoms with E-state index < -0.39 is 11.2 Å². The number of nitrogens with one attached hydrogen (secondary N) is 2. The largest absolute Gasteiger partial charge is 0.336 e. The molecule has 0 spiro atoms. The Bertz CT molecular complexity index is 948. The monoisotopic (exact) mass is 268 g/mol. The molecular weight excluding hydrogens is 256 g/mol. The number of nitrogens with zero attached hydrogens (tertiary/aromatic N) is 2. The molecule has 1 aromatic carbocycles. The second-order valence-electron chi connectivity index (χ2n) is 5.09. The van der Waals surface area contributed by atoms with E-state index in [1.54, 1.807) is 7.05 Å². The highest BCUT2D eigenvalue weighted by Crippen LogP contribution is 2.38. The Hall–Kier alpha value is -2.63. The average Bonchev–Trinajstić information content (AvgIpc) is 2.83. The topological polar surface area (TPSA) is 83.5 Å². The SMILES string of the molecule is Cn1c(=O)[nH]c(=O)c2[nH]c(C3Cc4ccccc43)nc21. The Kier molecular flexibility index (Phi) is 2.07. The van der Waals surface area contributed by atoms with Crippen LogP contribution in [0.5, 0.6) is 0 Å². The minimum absolute atomic E-state index is 0.174. The van der Waals surface area contributed by atoms with Crippen molar-refractivity contribution in [2.45, 2.75) is 12.3 Å². The summed E-state index contributed by atoms with van der Waals surface area (Å²) in [7, 11) is 1.60. The van der Waals surface area contributed by atoms with Gasteiger partial charge in [0.2, 0.25) is 0 Å². The Morgan fingerprint density at radius 1 is 1.25 bits per heavy atom. The Morgan fingerprint density at radius 2 is 2.05 bits per heavy atom. The van der Waals surface area contributed by atoms with Gasteiger partial charge in [0.05, 0.1) is 0 Å². The summed E-state index contributed by atoms with van der Waals surface area (Å²) in [6.45, 7) is 0. The maximum absolute atomic E-state index is 11.8. The van der Waals surface area contributed by atoms with E-state index in [1.807, 2.05) is 12.1 Å². The number of hydrogen-bond acceptors (Lipinski definition) is 3. The van der Waals surface area contributed by atoms with Gasteiger partial charge < -0.3 is 4.98 Å². The molecule has 0 fully saturated rings. The summed E-state index contributed by atoms with van der Waals surface area (Å²) in [6, 6.07) is 8.18. The molecule has 20 heavy (non-hydrogen) atoms. The van der Waals surface area contributed by atoms with Crippen LogP contribution in [0.25, 0.3) is 11.2 Å². The van der Waals surface area contributed by atoms with Crippen molar-refractivity contribution in [1.29, 1.82) is 0 Å². The average molecular weight is 268 g/mol. The van der Waals surface area contributed by atoms with Gasteiger partial charge in [0.25, 0.3) is 5.56 Å². The van der Waals surface area contributed by atoms with Crippen molar-refractivity contribution in [1.82, 2.24) is 19.5 Å².